The Morgan fingerprint density at radius 2 is 1.33 bits per heavy atom. The summed E-state index contributed by atoms with van der Waals surface area (Å²) in [4.78, 5) is 26.1. The van der Waals surface area contributed by atoms with E-state index < -0.39 is 11.6 Å². The van der Waals surface area contributed by atoms with Gasteiger partial charge in [0.05, 0.1) is 38.7 Å². The highest BCUT2D eigenvalue weighted by Gasteiger charge is 2.37. The third-order valence-corrected chi connectivity index (χ3v) is 4.78. The summed E-state index contributed by atoms with van der Waals surface area (Å²) in [5.41, 5.74) is 6.20. The summed E-state index contributed by atoms with van der Waals surface area (Å²) in [7, 11) is 0. The van der Waals surface area contributed by atoms with E-state index in [4.69, 9.17) is 17.3 Å². The van der Waals surface area contributed by atoms with Gasteiger partial charge >= 0.3 is 0 Å². The largest absolute Gasteiger partial charge is 0.507 e. The van der Waals surface area contributed by atoms with Crippen LogP contribution in [0, 0.1) is 0 Å². The molecule has 0 heterocycles. The molecule has 0 saturated heterocycles. The molecule has 134 valence electrons. The summed E-state index contributed by atoms with van der Waals surface area (Å²) < 4.78 is 0. The van der Waals surface area contributed by atoms with Crippen LogP contribution in [-0.4, -0.2) is 21.8 Å². The van der Waals surface area contributed by atoms with E-state index in [1.165, 1.54) is 24.3 Å². The van der Waals surface area contributed by atoms with Crippen molar-refractivity contribution in [2.24, 2.45) is 0 Å². The standard InChI is InChI=1S/C20H13ClN2O4/c21-9-3-1-2-4-11(9)23-12-6-8-14(25)18-16(12)20(27)17-13(24)7-5-10(22)15(17)19(18)26/h1-8,23-25H,22H2. The van der Waals surface area contributed by atoms with Crippen LogP contribution in [0.25, 0.3) is 0 Å². The van der Waals surface area contributed by atoms with Crippen molar-refractivity contribution >= 4 is 40.2 Å². The van der Waals surface area contributed by atoms with Crippen LogP contribution in [0.2, 0.25) is 5.02 Å². The second-order valence-corrected chi connectivity index (χ2v) is 6.48. The van der Waals surface area contributed by atoms with Gasteiger partial charge in [-0.1, -0.05) is 23.7 Å². The number of nitrogen functional groups attached to an aromatic ring is 1. The molecular formula is C20H13ClN2O4. The van der Waals surface area contributed by atoms with Gasteiger partial charge in [0.2, 0.25) is 11.6 Å². The van der Waals surface area contributed by atoms with E-state index in [0.29, 0.717) is 10.7 Å². The lowest BCUT2D eigenvalue weighted by atomic mass is 9.81. The lowest BCUT2D eigenvalue weighted by Crippen LogP contribution is -2.24. The number of phenols is 2. The first-order valence-electron chi connectivity index (χ1n) is 7.98. The molecule has 0 bridgehead atoms. The fourth-order valence-electron chi connectivity index (χ4n) is 3.20. The number of rotatable bonds is 2. The van der Waals surface area contributed by atoms with Gasteiger partial charge in [-0.3, -0.25) is 9.59 Å². The Bertz CT molecular complexity index is 1140. The smallest absolute Gasteiger partial charge is 0.200 e. The average Bonchev–Trinajstić information content (AvgIpc) is 2.64. The number of hydrogen-bond acceptors (Lipinski definition) is 6. The van der Waals surface area contributed by atoms with Crippen molar-refractivity contribution in [2.75, 3.05) is 11.1 Å². The van der Waals surface area contributed by atoms with Crippen molar-refractivity contribution in [1.29, 1.82) is 0 Å². The lowest BCUT2D eigenvalue weighted by molar-refractivity contribution is 0.0975. The molecule has 27 heavy (non-hydrogen) atoms. The number of nitrogens with one attached hydrogen (secondary N) is 1. The minimum absolute atomic E-state index is 0.0479. The van der Waals surface area contributed by atoms with Crippen LogP contribution in [0.3, 0.4) is 0 Å². The fourth-order valence-corrected chi connectivity index (χ4v) is 3.38. The van der Waals surface area contributed by atoms with Crippen LogP contribution in [0.1, 0.15) is 31.8 Å². The normalized spacial score (nSPS) is 12.5. The number of ketones is 2. The summed E-state index contributed by atoms with van der Waals surface area (Å²) in [6, 6.07) is 12.3. The predicted octanol–water partition coefficient (Wildman–Crippen LogP) is 3.85. The van der Waals surface area contributed by atoms with Gasteiger partial charge < -0.3 is 21.3 Å². The number of benzene rings is 3. The van der Waals surface area contributed by atoms with Crippen molar-refractivity contribution in [3.63, 3.8) is 0 Å². The Morgan fingerprint density at radius 3 is 2.04 bits per heavy atom. The Morgan fingerprint density at radius 1 is 0.741 bits per heavy atom. The minimum atomic E-state index is -0.631. The quantitative estimate of drug-likeness (QED) is 0.310. The molecule has 0 radical (unpaired) electrons. The number of carbonyl (C=O) groups is 2. The molecule has 3 aromatic rings. The van der Waals surface area contributed by atoms with Crippen molar-refractivity contribution in [1.82, 2.24) is 0 Å². The van der Waals surface area contributed by atoms with Gasteiger partial charge in [-0.25, -0.2) is 0 Å². The van der Waals surface area contributed by atoms with Crippen LogP contribution in [-0.2, 0) is 0 Å². The summed E-state index contributed by atoms with van der Waals surface area (Å²) in [5.74, 6) is -1.94. The molecule has 0 amide bonds. The average molecular weight is 381 g/mol. The third kappa shape index (κ3) is 2.50. The number of carbonyl (C=O) groups excluding carboxylic acids is 2. The van der Waals surface area contributed by atoms with Crippen molar-refractivity contribution in [3.8, 4) is 11.5 Å². The second kappa shape index (κ2) is 6.03. The molecule has 0 spiro atoms. The number of phenolic OH excluding ortho intramolecular Hbond substituents is 2. The molecule has 3 aromatic carbocycles. The molecule has 0 unspecified atom stereocenters. The summed E-state index contributed by atoms with van der Waals surface area (Å²) in [6.45, 7) is 0. The summed E-state index contributed by atoms with van der Waals surface area (Å²) >= 11 is 6.16. The van der Waals surface area contributed by atoms with Crippen molar-refractivity contribution in [2.45, 2.75) is 0 Å². The first-order chi connectivity index (χ1) is 12.9. The summed E-state index contributed by atoms with van der Waals surface area (Å²) in [5, 5.41) is 23.8. The molecule has 7 heteroatoms. The number of hydrogen-bond donors (Lipinski definition) is 4. The fraction of sp³-hybridized carbons (Fsp3) is 0. The first kappa shape index (κ1) is 16.9. The van der Waals surface area contributed by atoms with Crippen LogP contribution in [0.15, 0.2) is 48.5 Å². The number of fused-ring (bicyclic) bond motifs is 2. The van der Waals surface area contributed by atoms with E-state index >= 15 is 0 Å². The van der Waals surface area contributed by atoms with Crippen LogP contribution in [0.4, 0.5) is 17.1 Å². The maximum absolute atomic E-state index is 13.1. The Kier molecular flexibility index (Phi) is 3.78. The SMILES string of the molecule is Nc1ccc(O)c2c1C(=O)c1c(O)ccc(Nc3ccccc3Cl)c1C2=O. The highest BCUT2D eigenvalue weighted by atomic mass is 35.5. The predicted molar refractivity (Wildman–Crippen MR) is 102 cm³/mol. The molecule has 0 aromatic heterocycles. The molecular weight excluding hydrogens is 368 g/mol. The number of anilines is 3. The molecule has 5 N–H and O–H groups in total. The van der Waals surface area contributed by atoms with E-state index in [2.05, 4.69) is 5.32 Å². The molecule has 1 aliphatic rings. The second-order valence-electron chi connectivity index (χ2n) is 6.07. The number of para-hydroxylation sites is 1. The van der Waals surface area contributed by atoms with Gasteiger partial charge in [0.15, 0.2) is 0 Å². The number of nitrogens with two attached hydrogens (primary N) is 1. The molecule has 0 atom stereocenters. The monoisotopic (exact) mass is 380 g/mol. The minimum Gasteiger partial charge on any atom is -0.507 e. The zero-order chi connectivity index (χ0) is 19.3. The Hall–Kier alpha value is -3.51. The van der Waals surface area contributed by atoms with Crippen molar-refractivity contribution < 1.29 is 19.8 Å². The molecule has 1 aliphatic carbocycles. The number of halogens is 1. The van der Waals surface area contributed by atoms with Gasteiger partial charge in [0, 0.05) is 5.69 Å². The Balaban J connectivity index is 1.96. The van der Waals surface area contributed by atoms with Gasteiger partial charge in [-0.2, -0.15) is 0 Å². The van der Waals surface area contributed by atoms with Gasteiger partial charge in [0.1, 0.15) is 11.5 Å². The highest BCUT2D eigenvalue weighted by molar-refractivity contribution is 6.34. The van der Waals surface area contributed by atoms with Gasteiger partial charge in [0.25, 0.3) is 0 Å². The van der Waals surface area contributed by atoms with E-state index in [-0.39, 0.29) is 45.1 Å². The lowest BCUT2D eigenvalue weighted by Gasteiger charge is -2.23. The van der Waals surface area contributed by atoms with Gasteiger partial charge in [-0.15, -0.1) is 0 Å². The van der Waals surface area contributed by atoms with Gasteiger partial charge in [-0.05, 0) is 36.4 Å². The van der Waals surface area contributed by atoms with Crippen LogP contribution >= 0.6 is 11.6 Å². The van der Waals surface area contributed by atoms with Crippen LogP contribution in [0.5, 0.6) is 11.5 Å². The van der Waals surface area contributed by atoms with Crippen LogP contribution < -0.4 is 11.1 Å². The van der Waals surface area contributed by atoms with Crippen molar-refractivity contribution in [3.05, 3.63) is 75.8 Å². The number of aromatic hydroxyl groups is 2. The first-order valence-corrected chi connectivity index (χ1v) is 8.36. The third-order valence-electron chi connectivity index (χ3n) is 4.45. The molecule has 6 nitrogen and oxygen atoms in total. The van der Waals surface area contributed by atoms with E-state index in [9.17, 15) is 19.8 Å². The topological polar surface area (TPSA) is 113 Å². The molecule has 0 fully saturated rings. The molecule has 0 saturated carbocycles. The van der Waals surface area contributed by atoms with E-state index in [0.717, 1.165) is 0 Å². The molecule has 4 rings (SSSR count). The maximum atomic E-state index is 13.1. The Labute approximate surface area is 158 Å². The highest BCUT2D eigenvalue weighted by Crippen LogP contribution is 2.42. The van der Waals surface area contributed by atoms with E-state index in [1.807, 2.05) is 0 Å². The molecule has 0 aliphatic heterocycles. The summed E-state index contributed by atoms with van der Waals surface area (Å²) in [6.07, 6.45) is 0. The maximum Gasteiger partial charge on any atom is 0.200 e. The zero-order valence-electron chi connectivity index (χ0n) is 13.8. The zero-order valence-corrected chi connectivity index (χ0v) is 14.5. The van der Waals surface area contributed by atoms with E-state index in [1.54, 1.807) is 24.3 Å².